The molecule has 2 aliphatic heterocycles. The zero-order valence-corrected chi connectivity index (χ0v) is 17.5. The smallest absolute Gasteiger partial charge is 0.222 e. The topological polar surface area (TPSA) is 26.8 Å². The highest BCUT2D eigenvalue weighted by atomic mass is 32.1. The van der Waals surface area contributed by atoms with Crippen LogP contribution in [-0.4, -0.2) is 61.0 Å². The van der Waals surface area contributed by atoms with Gasteiger partial charge in [0.25, 0.3) is 0 Å². The lowest BCUT2D eigenvalue weighted by molar-refractivity contribution is -0.134. The molecule has 4 nitrogen and oxygen atoms in total. The fourth-order valence-electron chi connectivity index (χ4n) is 4.51. The van der Waals surface area contributed by atoms with Crippen LogP contribution in [0, 0.1) is 5.82 Å². The molecule has 4 rings (SSSR count). The number of hydrogen-bond acceptors (Lipinski definition) is 4. The summed E-state index contributed by atoms with van der Waals surface area (Å²) in [5.74, 6) is 0.169. The predicted octanol–water partition coefficient (Wildman–Crippen LogP) is 4.34. The number of thiophene rings is 1. The van der Waals surface area contributed by atoms with E-state index < -0.39 is 0 Å². The third-order valence-electron chi connectivity index (χ3n) is 6.22. The largest absolute Gasteiger partial charge is 0.368 e. The van der Waals surface area contributed by atoms with Crippen LogP contribution in [0.5, 0.6) is 0 Å². The molecular weight excluding hydrogens is 373 g/mol. The Morgan fingerprint density at radius 3 is 2.79 bits per heavy atom. The molecule has 1 aromatic carbocycles. The molecule has 3 heterocycles. The molecule has 1 unspecified atom stereocenters. The number of carbonyl (C=O) groups excluding carboxylic acids is 1. The monoisotopic (exact) mass is 403 g/mol. The standard InChI is InChI=1S/C22H30FN3OS/c1-17-5-2-3-10-26(17)22(27)6-4-9-24-11-13-25(14-12-24)20-16-28-21-15-18(23)7-8-19(20)21/h7-8,15-17H,2-6,9-14H2,1H3. The van der Waals surface area contributed by atoms with Gasteiger partial charge in [-0.05, 0) is 57.4 Å². The van der Waals surface area contributed by atoms with E-state index in [9.17, 15) is 9.18 Å². The number of hydrogen-bond donors (Lipinski definition) is 0. The van der Waals surface area contributed by atoms with Crippen LogP contribution < -0.4 is 4.90 Å². The summed E-state index contributed by atoms with van der Waals surface area (Å²) in [5, 5.41) is 3.30. The van der Waals surface area contributed by atoms with Crippen LogP contribution in [0.3, 0.4) is 0 Å². The molecule has 2 aliphatic rings. The summed E-state index contributed by atoms with van der Waals surface area (Å²) in [4.78, 5) is 19.4. The zero-order chi connectivity index (χ0) is 19.5. The normalized spacial score (nSPS) is 21.4. The average Bonchev–Trinajstić information content (AvgIpc) is 3.11. The number of nitrogens with zero attached hydrogens (tertiary/aromatic N) is 3. The quantitative estimate of drug-likeness (QED) is 0.743. The van der Waals surface area contributed by atoms with Crippen LogP contribution in [0.4, 0.5) is 10.1 Å². The molecule has 28 heavy (non-hydrogen) atoms. The number of benzene rings is 1. The van der Waals surface area contributed by atoms with Crippen molar-refractivity contribution in [3.8, 4) is 0 Å². The summed E-state index contributed by atoms with van der Waals surface area (Å²) in [6, 6.07) is 5.49. The van der Waals surface area contributed by atoms with Gasteiger partial charge in [0.05, 0.1) is 5.69 Å². The second-order valence-corrected chi connectivity index (χ2v) is 9.04. The summed E-state index contributed by atoms with van der Waals surface area (Å²) in [6.07, 6.45) is 5.18. The Morgan fingerprint density at radius 1 is 1.18 bits per heavy atom. The molecular formula is C22H30FN3OS. The average molecular weight is 404 g/mol. The molecule has 0 saturated carbocycles. The summed E-state index contributed by atoms with van der Waals surface area (Å²) < 4.78 is 14.4. The van der Waals surface area contributed by atoms with Gasteiger partial charge in [0.15, 0.2) is 0 Å². The number of piperazine rings is 1. The molecule has 1 aromatic heterocycles. The molecule has 152 valence electrons. The fourth-order valence-corrected chi connectivity index (χ4v) is 5.51. The molecule has 6 heteroatoms. The van der Waals surface area contributed by atoms with E-state index in [-0.39, 0.29) is 5.82 Å². The lowest BCUT2D eigenvalue weighted by Gasteiger charge is -2.36. The minimum absolute atomic E-state index is 0.167. The second-order valence-electron chi connectivity index (χ2n) is 8.13. The van der Waals surface area contributed by atoms with Gasteiger partial charge in [0.2, 0.25) is 5.91 Å². The van der Waals surface area contributed by atoms with Crippen LogP contribution in [0.1, 0.15) is 39.0 Å². The van der Waals surface area contributed by atoms with Crippen LogP contribution in [0.2, 0.25) is 0 Å². The Balaban J connectivity index is 1.23. The number of amides is 1. The number of likely N-dealkylation sites (tertiary alicyclic amines) is 1. The molecule has 2 aromatic rings. The zero-order valence-electron chi connectivity index (χ0n) is 16.7. The van der Waals surface area contributed by atoms with Crippen molar-refractivity contribution in [2.24, 2.45) is 0 Å². The van der Waals surface area contributed by atoms with Gasteiger partial charge in [-0.15, -0.1) is 11.3 Å². The number of anilines is 1. The van der Waals surface area contributed by atoms with Crippen LogP contribution in [0.25, 0.3) is 10.1 Å². The fraction of sp³-hybridized carbons (Fsp3) is 0.591. The minimum atomic E-state index is -0.167. The molecule has 2 fully saturated rings. The first kappa shape index (κ1) is 19.6. The Bertz CT molecular complexity index is 815. The van der Waals surface area contributed by atoms with Crippen molar-refractivity contribution < 1.29 is 9.18 Å². The molecule has 0 radical (unpaired) electrons. The van der Waals surface area contributed by atoms with Gasteiger partial charge in [0.1, 0.15) is 5.82 Å². The van der Waals surface area contributed by atoms with Crippen molar-refractivity contribution in [1.82, 2.24) is 9.80 Å². The van der Waals surface area contributed by atoms with Crippen LogP contribution in [0.15, 0.2) is 23.6 Å². The minimum Gasteiger partial charge on any atom is -0.368 e. The first-order valence-electron chi connectivity index (χ1n) is 10.6. The highest BCUT2D eigenvalue weighted by Crippen LogP contribution is 2.34. The lowest BCUT2D eigenvalue weighted by Crippen LogP contribution is -2.47. The van der Waals surface area contributed by atoms with Gasteiger partial charge in [0, 0.05) is 60.7 Å². The molecule has 0 N–H and O–H groups in total. The number of rotatable bonds is 5. The third kappa shape index (κ3) is 4.33. The first-order chi connectivity index (χ1) is 13.6. The summed E-state index contributed by atoms with van der Waals surface area (Å²) in [6.45, 7) is 8.13. The summed E-state index contributed by atoms with van der Waals surface area (Å²) in [5.41, 5.74) is 1.23. The highest BCUT2D eigenvalue weighted by molar-refractivity contribution is 7.17. The van der Waals surface area contributed by atoms with Gasteiger partial charge < -0.3 is 9.80 Å². The van der Waals surface area contributed by atoms with Gasteiger partial charge in [-0.3, -0.25) is 9.69 Å². The molecule has 1 amide bonds. The van der Waals surface area contributed by atoms with E-state index in [0.717, 1.165) is 68.6 Å². The van der Waals surface area contributed by atoms with E-state index >= 15 is 0 Å². The van der Waals surface area contributed by atoms with Crippen LogP contribution >= 0.6 is 11.3 Å². The maximum absolute atomic E-state index is 13.4. The summed E-state index contributed by atoms with van der Waals surface area (Å²) in [7, 11) is 0. The van der Waals surface area contributed by atoms with Gasteiger partial charge in [-0.2, -0.15) is 0 Å². The Morgan fingerprint density at radius 2 is 2.00 bits per heavy atom. The number of fused-ring (bicyclic) bond motifs is 1. The predicted molar refractivity (Wildman–Crippen MR) is 115 cm³/mol. The van der Waals surface area contributed by atoms with Crippen molar-refractivity contribution in [3.05, 3.63) is 29.4 Å². The van der Waals surface area contributed by atoms with E-state index in [1.807, 2.05) is 6.07 Å². The van der Waals surface area contributed by atoms with Crippen molar-refractivity contribution >= 4 is 33.0 Å². The lowest BCUT2D eigenvalue weighted by atomic mass is 10.0. The SMILES string of the molecule is CC1CCCCN1C(=O)CCCN1CCN(c2csc3cc(F)ccc23)CC1. The maximum Gasteiger partial charge on any atom is 0.222 e. The van der Waals surface area contributed by atoms with E-state index in [1.54, 1.807) is 23.5 Å². The van der Waals surface area contributed by atoms with Gasteiger partial charge >= 0.3 is 0 Å². The van der Waals surface area contributed by atoms with E-state index in [0.29, 0.717) is 18.4 Å². The summed E-state index contributed by atoms with van der Waals surface area (Å²) >= 11 is 1.62. The van der Waals surface area contributed by atoms with Crippen molar-refractivity contribution in [3.63, 3.8) is 0 Å². The number of piperidine rings is 1. The van der Waals surface area contributed by atoms with E-state index in [4.69, 9.17) is 0 Å². The van der Waals surface area contributed by atoms with Gasteiger partial charge in [-0.25, -0.2) is 4.39 Å². The van der Waals surface area contributed by atoms with Gasteiger partial charge in [-0.1, -0.05) is 0 Å². The maximum atomic E-state index is 13.4. The Hall–Kier alpha value is -1.66. The van der Waals surface area contributed by atoms with Crippen LogP contribution in [-0.2, 0) is 4.79 Å². The first-order valence-corrected chi connectivity index (χ1v) is 11.4. The van der Waals surface area contributed by atoms with Crippen molar-refractivity contribution in [2.75, 3.05) is 44.2 Å². The Labute approximate surface area is 170 Å². The molecule has 1 atom stereocenters. The highest BCUT2D eigenvalue weighted by Gasteiger charge is 2.23. The molecule has 0 aliphatic carbocycles. The van der Waals surface area contributed by atoms with Crippen molar-refractivity contribution in [1.29, 1.82) is 0 Å². The second kappa shape index (κ2) is 8.78. The van der Waals surface area contributed by atoms with E-state index in [2.05, 4.69) is 27.0 Å². The molecule has 2 saturated heterocycles. The third-order valence-corrected chi connectivity index (χ3v) is 7.15. The molecule has 0 bridgehead atoms. The van der Waals surface area contributed by atoms with Crippen molar-refractivity contribution in [2.45, 2.75) is 45.1 Å². The number of carbonyl (C=O) groups is 1. The molecule has 0 spiro atoms. The van der Waals surface area contributed by atoms with E-state index in [1.165, 1.54) is 12.1 Å². The number of halogens is 1. The Kier molecular flexibility index (Phi) is 6.16.